The summed E-state index contributed by atoms with van der Waals surface area (Å²) in [6.07, 6.45) is -0.670. The van der Waals surface area contributed by atoms with Crippen molar-refractivity contribution in [3.63, 3.8) is 0 Å². The van der Waals surface area contributed by atoms with E-state index in [0.29, 0.717) is 28.6 Å². The molecule has 108 valence electrons. The molecule has 0 aliphatic heterocycles. The lowest BCUT2D eigenvalue weighted by Crippen LogP contribution is -2.26. The molecule has 0 radical (unpaired) electrons. The number of aliphatic hydroxyl groups is 1. The Bertz CT molecular complexity index is 626. The Morgan fingerprint density at radius 1 is 1.24 bits per heavy atom. The molecule has 1 unspecified atom stereocenters. The molecule has 0 saturated heterocycles. The second-order valence-electron chi connectivity index (χ2n) is 4.47. The third kappa shape index (κ3) is 4.67. The van der Waals surface area contributed by atoms with Crippen molar-refractivity contribution in [1.82, 2.24) is 0 Å². The van der Waals surface area contributed by atoms with E-state index in [1.807, 2.05) is 36.4 Å². The molecule has 0 heterocycles. The first-order chi connectivity index (χ1) is 10.2. The number of hydrogen-bond donors (Lipinski definition) is 2. The maximum absolute atomic E-state index is 9.88. The van der Waals surface area contributed by atoms with Crippen molar-refractivity contribution < 1.29 is 9.84 Å². The molecule has 0 fully saturated rings. The molecule has 0 aliphatic rings. The van der Waals surface area contributed by atoms with Crippen LogP contribution in [0.25, 0.3) is 0 Å². The maximum Gasteiger partial charge on any atom is 0.119 e. The molecule has 0 bridgehead atoms. The standard InChI is InChI=1S/C16H15ClN2O2/c17-15-8-12(9-18)6-7-16(15)19-10-13(20)11-21-14-4-2-1-3-5-14/h1-8,13,19-20H,10-11H2. The number of ether oxygens (including phenoxy) is 1. The smallest absolute Gasteiger partial charge is 0.119 e. The first-order valence-corrected chi connectivity index (χ1v) is 6.86. The van der Waals surface area contributed by atoms with Gasteiger partial charge in [-0.3, -0.25) is 0 Å². The summed E-state index contributed by atoms with van der Waals surface area (Å²) in [5, 5.41) is 22.1. The van der Waals surface area contributed by atoms with E-state index < -0.39 is 6.10 Å². The summed E-state index contributed by atoms with van der Waals surface area (Å²) in [4.78, 5) is 0. The predicted octanol–water partition coefficient (Wildman–Crippen LogP) is 3.06. The average Bonchev–Trinajstić information content (AvgIpc) is 2.52. The Kier molecular flexibility index (Phi) is 5.44. The number of anilines is 1. The van der Waals surface area contributed by atoms with E-state index in [0.717, 1.165) is 0 Å². The van der Waals surface area contributed by atoms with Gasteiger partial charge in [0, 0.05) is 6.54 Å². The number of hydrogen-bond acceptors (Lipinski definition) is 4. The number of nitrogens with one attached hydrogen (secondary N) is 1. The van der Waals surface area contributed by atoms with Gasteiger partial charge in [-0.25, -0.2) is 0 Å². The largest absolute Gasteiger partial charge is 0.491 e. The second-order valence-corrected chi connectivity index (χ2v) is 4.87. The molecule has 0 saturated carbocycles. The van der Waals surface area contributed by atoms with Crippen molar-refractivity contribution in [3.05, 3.63) is 59.1 Å². The number of aliphatic hydroxyl groups excluding tert-OH is 1. The summed E-state index contributed by atoms with van der Waals surface area (Å²) in [6.45, 7) is 0.489. The van der Waals surface area contributed by atoms with Gasteiger partial charge in [0.2, 0.25) is 0 Å². The van der Waals surface area contributed by atoms with Gasteiger partial charge in [0.25, 0.3) is 0 Å². The first kappa shape index (κ1) is 15.2. The molecule has 0 amide bonds. The fourth-order valence-electron chi connectivity index (χ4n) is 1.72. The molecule has 2 N–H and O–H groups in total. The number of halogens is 1. The second kappa shape index (κ2) is 7.53. The molecule has 0 aromatic heterocycles. The van der Waals surface area contributed by atoms with Gasteiger partial charge in [0.15, 0.2) is 0 Å². The Morgan fingerprint density at radius 2 is 2.00 bits per heavy atom. The topological polar surface area (TPSA) is 65.3 Å². The highest BCUT2D eigenvalue weighted by Crippen LogP contribution is 2.22. The van der Waals surface area contributed by atoms with Crippen LogP contribution in [-0.2, 0) is 0 Å². The fourth-order valence-corrected chi connectivity index (χ4v) is 1.97. The lowest BCUT2D eigenvalue weighted by atomic mass is 10.2. The van der Waals surface area contributed by atoms with Crippen molar-refractivity contribution in [2.24, 2.45) is 0 Å². The minimum Gasteiger partial charge on any atom is -0.491 e. The van der Waals surface area contributed by atoms with Crippen LogP contribution in [0.1, 0.15) is 5.56 Å². The summed E-state index contributed by atoms with van der Waals surface area (Å²) in [5.74, 6) is 0.716. The highest BCUT2D eigenvalue weighted by molar-refractivity contribution is 6.33. The molecular weight excluding hydrogens is 288 g/mol. The SMILES string of the molecule is N#Cc1ccc(NCC(O)COc2ccccc2)c(Cl)c1. The average molecular weight is 303 g/mol. The molecule has 4 nitrogen and oxygen atoms in total. The van der Waals surface area contributed by atoms with Crippen LogP contribution in [0, 0.1) is 11.3 Å². The highest BCUT2D eigenvalue weighted by atomic mass is 35.5. The zero-order chi connectivity index (χ0) is 15.1. The molecular formula is C16H15ClN2O2. The molecule has 0 aliphatic carbocycles. The van der Waals surface area contributed by atoms with Crippen molar-refractivity contribution in [2.45, 2.75) is 6.10 Å². The number of rotatable bonds is 6. The van der Waals surface area contributed by atoms with Crippen molar-refractivity contribution in [3.8, 4) is 11.8 Å². The van der Waals surface area contributed by atoms with Gasteiger partial charge in [0.1, 0.15) is 18.5 Å². The molecule has 2 rings (SSSR count). The van der Waals surface area contributed by atoms with Crippen LogP contribution in [0.2, 0.25) is 5.02 Å². The van der Waals surface area contributed by atoms with Crippen LogP contribution in [0.15, 0.2) is 48.5 Å². The van der Waals surface area contributed by atoms with E-state index >= 15 is 0 Å². The highest BCUT2D eigenvalue weighted by Gasteiger charge is 2.07. The van der Waals surface area contributed by atoms with Gasteiger partial charge in [-0.15, -0.1) is 0 Å². The molecule has 5 heteroatoms. The Hall–Kier alpha value is -2.22. The van der Waals surface area contributed by atoms with Crippen molar-refractivity contribution in [2.75, 3.05) is 18.5 Å². The molecule has 2 aromatic carbocycles. The zero-order valence-corrected chi connectivity index (χ0v) is 12.0. The van der Waals surface area contributed by atoms with Gasteiger partial charge in [-0.2, -0.15) is 5.26 Å². The first-order valence-electron chi connectivity index (χ1n) is 6.48. The Balaban J connectivity index is 1.81. The quantitative estimate of drug-likeness (QED) is 0.860. The van der Waals surface area contributed by atoms with Gasteiger partial charge in [0.05, 0.1) is 22.3 Å². The van der Waals surface area contributed by atoms with Crippen LogP contribution >= 0.6 is 11.6 Å². The van der Waals surface area contributed by atoms with E-state index in [1.165, 1.54) is 0 Å². The van der Waals surface area contributed by atoms with Crippen LogP contribution < -0.4 is 10.1 Å². The van der Waals surface area contributed by atoms with Crippen LogP contribution in [-0.4, -0.2) is 24.4 Å². The fraction of sp³-hybridized carbons (Fsp3) is 0.188. The summed E-state index contributed by atoms with van der Waals surface area (Å²) >= 11 is 6.04. The summed E-state index contributed by atoms with van der Waals surface area (Å²) < 4.78 is 5.46. The van der Waals surface area contributed by atoms with Gasteiger partial charge in [-0.1, -0.05) is 29.8 Å². The number of nitriles is 1. The molecule has 1 atom stereocenters. The minimum atomic E-state index is -0.670. The van der Waals surface area contributed by atoms with Crippen LogP contribution in [0.4, 0.5) is 5.69 Å². The third-order valence-electron chi connectivity index (χ3n) is 2.81. The molecule has 21 heavy (non-hydrogen) atoms. The summed E-state index contributed by atoms with van der Waals surface area (Å²) in [7, 11) is 0. The van der Waals surface area contributed by atoms with Gasteiger partial charge >= 0.3 is 0 Å². The van der Waals surface area contributed by atoms with E-state index in [2.05, 4.69) is 5.32 Å². The van der Waals surface area contributed by atoms with Crippen LogP contribution in [0.3, 0.4) is 0 Å². The Labute approximate surface area is 128 Å². The summed E-state index contributed by atoms with van der Waals surface area (Å²) in [6, 6.07) is 16.3. The maximum atomic E-state index is 9.88. The molecule has 0 spiro atoms. The predicted molar refractivity (Wildman–Crippen MR) is 82.6 cm³/mol. The normalized spacial score (nSPS) is 11.5. The zero-order valence-electron chi connectivity index (χ0n) is 11.3. The number of nitrogens with zero attached hydrogens (tertiary/aromatic N) is 1. The van der Waals surface area contributed by atoms with E-state index in [-0.39, 0.29) is 6.61 Å². The number of para-hydroxylation sites is 1. The lowest BCUT2D eigenvalue weighted by molar-refractivity contribution is 0.117. The third-order valence-corrected chi connectivity index (χ3v) is 3.12. The number of benzene rings is 2. The van der Waals surface area contributed by atoms with Crippen LogP contribution in [0.5, 0.6) is 5.75 Å². The van der Waals surface area contributed by atoms with Gasteiger partial charge in [-0.05, 0) is 30.3 Å². The van der Waals surface area contributed by atoms with E-state index in [1.54, 1.807) is 18.2 Å². The minimum absolute atomic E-state index is 0.185. The van der Waals surface area contributed by atoms with Gasteiger partial charge < -0.3 is 15.2 Å². The van der Waals surface area contributed by atoms with E-state index in [9.17, 15) is 5.11 Å². The van der Waals surface area contributed by atoms with E-state index in [4.69, 9.17) is 21.6 Å². The van der Waals surface area contributed by atoms with Crippen molar-refractivity contribution in [1.29, 1.82) is 5.26 Å². The Morgan fingerprint density at radius 3 is 2.67 bits per heavy atom. The summed E-state index contributed by atoms with van der Waals surface area (Å²) in [5.41, 5.74) is 1.17. The van der Waals surface area contributed by atoms with Crippen molar-refractivity contribution >= 4 is 17.3 Å². The monoisotopic (exact) mass is 302 g/mol. The lowest BCUT2D eigenvalue weighted by Gasteiger charge is -2.14. The molecule has 2 aromatic rings.